The van der Waals surface area contributed by atoms with Crippen LogP contribution in [-0.4, -0.2) is 16.5 Å². The van der Waals surface area contributed by atoms with E-state index in [1.165, 1.54) is 12.1 Å². The minimum absolute atomic E-state index is 0.0593. The van der Waals surface area contributed by atoms with Crippen LogP contribution in [0.3, 0.4) is 0 Å². The van der Waals surface area contributed by atoms with E-state index in [0.717, 1.165) is 23.3 Å². The first-order valence-corrected chi connectivity index (χ1v) is 5.29. The highest BCUT2D eigenvalue weighted by atomic mass is 16.6. The smallest absolute Gasteiger partial charge is 0.270 e. The van der Waals surface area contributed by atoms with Crippen LogP contribution in [-0.2, 0) is 11.2 Å². The summed E-state index contributed by atoms with van der Waals surface area (Å²) in [5.74, 6) is -0.0261. The predicted octanol–water partition coefficient (Wildman–Crippen LogP) is 0.991. The van der Waals surface area contributed by atoms with Gasteiger partial charge in [-0.3, -0.25) is 14.9 Å². The van der Waals surface area contributed by atoms with E-state index >= 15 is 0 Å². The number of non-ortho nitro benzene ring substituents is 1. The van der Waals surface area contributed by atoms with E-state index in [9.17, 15) is 14.9 Å². The molecule has 1 aliphatic carbocycles. The zero-order valence-electron chi connectivity index (χ0n) is 8.84. The number of nitro groups is 1. The molecular formula is C11H9N3O3. The molecule has 6 heteroatoms. The van der Waals surface area contributed by atoms with Crippen molar-refractivity contribution in [3.63, 3.8) is 0 Å². The average Bonchev–Trinajstić information content (AvgIpc) is 2.64. The summed E-state index contributed by atoms with van der Waals surface area (Å²) in [6, 6.07) is 4.77. The van der Waals surface area contributed by atoms with E-state index in [4.69, 9.17) is 0 Å². The number of benzene rings is 1. The number of amides is 1. The number of hydrogen-bond acceptors (Lipinski definition) is 4. The largest absolute Gasteiger partial charge is 0.273 e. The van der Waals surface area contributed by atoms with Crippen molar-refractivity contribution in [2.24, 2.45) is 11.0 Å². The van der Waals surface area contributed by atoms with E-state index in [1.54, 1.807) is 6.07 Å². The number of nitrogens with zero attached hydrogens (tertiary/aromatic N) is 2. The van der Waals surface area contributed by atoms with Gasteiger partial charge in [0.2, 0.25) is 5.91 Å². The Labute approximate surface area is 96.5 Å². The molecular weight excluding hydrogens is 222 g/mol. The summed E-state index contributed by atoms with van der Waals surface area (Å²) >= 11 is 0. The maximum Gasteiger partial charge on any atom is 0.270 e. The predicted molar refractivity (Wildman–Crippen MR) is 59.6 cm³/mol. The van der Waals surface area contributed by atoms with Crippen LogP contribution >= 0.6 is 0 Å². The molecule has 0 radical (unpaired) electrons. The van der Waals surface area contributed by atoms with Gasteiger partial charge < -0.3 is 0 Å². The highest BCUT2D eigenvalue weighted by molar-refractivity contribution is 6.09. The van der Waals surface area contributed by atoms with Crippen LogP contribution in [0.5, 0.6) is 0 Å². The number of hydrogen-bond donors (Lipinski definition) is 1. The normalized spacial score (nSPS) is 21.3. The van der Waals surface area contributed by atoms with Crippen molar-refractivity contribution >= 4 is 17.3 Å². The van der Waals surface area contributed by atoms with Crippen LogP contribution in [0.4, 0.5) is 5.69 Å². The molecule has 0 saturated heterocycles. The standard InChI is InChI=1S/C11H9N3O3/c15-10-4-7-3-6-1-2-8(14(16)17)5-9(6)11(7)13-12-10/h1-2,5,7H,3-4H2,(H,12,15). The van der Waals surface area contributed by atoms with E-state index in [1.807, 2.05) is 0 Å². The molecule has 1 amide bonds. The first-order valence-electron chi connectivity index (χ1n) is 5.29. The van der Waals surface area contributed by atoms with Gasteiger partial charge in [-0.1, -0.05) is 6.07 Å². The average molecular weight is 231 g/mol. The van der Waals surface area contributed by atoms with E-state index in [2.05, 4.69) is 10.5 Å². The van der Waals surface area contributed by atoms with Gasteiger partial charge in [-0.25, -0.2) is 5.43 Å². The zero-order valence-corrected chi connectivity index (χ0v) is 8.84. The lowest BCUT2D eigenvalue weighted by molar-refractivity contribution is -0.384. The minimum Gasteiger partial charge on any atom is -0.273 e. The number of nitro benzene ring substituents is 1. The van der Waals surface area contributed by atoms with Gasteiger partial charge in [0, 0.05) is 30.0 Å². The molecule has 1 heterocycles. The Bertz CT molecular complexity index is 565. The number of fused-ring (bicyclic) bond motifs is 3. The van der Waals surface area contributed by atoms with Crippen LogP contribution in [0.1, 0.15) is 17.5 Å². The topological polar surface area (TPSA) is 84.6 Å². The lowest BCUT2D eigenvalue weighted by Crippen LogP contribution is -2.31. The number of rotatable bonds is 1. The molecule has 1 aromatic rings. The third-order valence-electron chi connectivity index (χ3n) is 3.17. The number of nitrogens with one attached hydrogen (secondary N) is 1. The maximum absolute atomic E-state index is 11.2. The van der Waals surface area contributed by atoms with Crippen LogP contribution in [0.25, 0.3) is 0 Å². The molecule has 2 aliphatic rings. The summed E-state index contributed by atoms with van der Waals surface area (Å²) in [6.45, 7) is 0. The molecule has 0 spiro atoms. The Balaban J connectivity index is 2.08. The summed E-state index contributed by atoms with van der Waals surface area (Å²) < 4.78 is 0. The van der Waals surface area contributed by atoms with Crippen LogP contribution in [0.2, 0.25) is 0 Å². The second-order valence-corrected chi connectivity index (χ2v) is 4.24. The summed E-state index contributed by atoms with van der Waals surface area (Å²) in [7, 11) is 0. The summed E-state index contributed by atoms with van der Waals surface area (Å²) in [6.07, 6.45) is 1.14. The fourth-order valence-electron chi connectivity index (χ4n) is 2.39. The molecule has 0 aromatic heterocycles. The van der Waals surface area contributed by atoms with E-state index in [-0.39, 0.29) is 17.5 Å². The molecule has 0 bridgehead atoms. The van der Waals surface area contributed by atoms with Crippen LogP contribution in [0, 0.1) is 16.0 Å². The molecule has 6 nitrogen and oxygen atoms in total. The molecule has 1 aromatic carbocycles. The van der Waals surface area contributed by atoms with Gasteiger partial charge in [-0.15, -0.1) is 0 Å². The molecule has 0 saturated carbocycles. The van der Waals surface area contributed by atoms with Crippen molar-refractivity contribution in [3.8, 4) is 0 Å². The van der Waals surface area contributed by atoms with Crippen molar-refractivity contribution in [1.82, 2.24) is 5.43 Å². The Kier molecular flexibility index (Phi) is 1.98. The van der Waals surface area contributed by atoms with Crippen molar-refractivity contribution < 1.29 is 9.72 Å². The van der Waals surface area contributed by atoms with E-state index in [0.29, 0.717) is 6.42 Å². The first kappa shape index (κ1) is 9.95. The van der Waals surface area contributed by atoms with Gasteiger partial charge in [-0.05, 0) is 12.0 Å². The molecule has 3 rings (SSSR count). The van der Waals surface area contributed by atoms with Gasteiger partial charge in [0.05, 0.1) is 10.6 Å². The number of hydrazone groups is 1. The molecule has 1 atom stereocenters. The number of carbonyl (C=O) groups is 1. The Morgan fingerprint density at radius 3 is 3.00 bits per heavy atom. The lowest BCUT2D eigenvalue weighted by Gasteiger charge is -2.15. The monoisotopic (exact) mass is 231 g/mol. The van der Waals surface area contributed by atoms with Crippen molar-refractivity contribution in [1.29, 1.82) is 0 Å². The SMILES string of the molecule is O=C1CC2Cc3ccc([N+](=O)[O-])cc3C2=NN1. The van der Waals surface area contributed by atoms with Crippen LogP contribution in [0.15, 0.2) is 23.3 Å². The van der Waals surface area contributed by atoms with Gasteiger partial charge in [-0.2, -0.15) is 5.10 Å². The fourth-order valence-corrected chi connectivity index (χ4v) is 2.39. The second kappa shape index (κ2) is 3.38. The highest BCUT2D eigenvalue weighted by Crippen LogP contribution is 2.33. The third-order valence-corrected chi connectivity index (χ3v) is 3.17. The Morgan fingerprint density at radius 1 is 1.41 bits per heavy atom. The zero-order chi connectivity index (χ0) is 12.0. The van der Waals surface area contributed by atoms with Crippen LogP contribution < -0.4 is 5.43 Å². The molecule has 1 N–H and O–H groups in total. The number of carbonyl (C=O) groups excluding carboxylic acids is 1. The molecule has 1 aliphatic heterocycles. The van der Waals surface area contributed by atoms with Crippen molar-refractivity contribution in [2.75, 3.05) is 0 Å². The molecule has 0 fully saturated rings. The molecule has 17 heavy (non-hydrogen) atoms. The fraction of sp³-hybridized carbons (Fsp3) is 0.273. The summed E-state index contributed by atoms with van der Waals surface area (Å²) in [5.41, 5.74) is 5.07. The summed E-state index contributed by atoms with van der Waals surface area (Å²) in [4.78, 5) is 21.5. The second-order valence-electron chi connectivity index (χ2n) is 4.24. The quantitative estimate of drug-likeness (QED) is 0.577. The van der Waals surface area contributed by atoms with E-state index < -0.39 is 4.92 Å². The van der Waals surface area contributed by atoms with Crippen molar-refractivity contribution in [3.05, 3.63) is 39.4 Å². The Hall–Kier alpha value is -2.24. The van der Waals surface area contributed by atoms with Gasteiger partial charge in [0.25, 0.3) is 5.69 Å². The first-order chi connectivity index (χ1) is 8.15. The summed E-state index contributed by atoms with van der Waals surface area (Å²) in [5, 5.41) is 14.7. The maximum atomic E-state index is 11.2. The van der Waals surface area contributed by atoms with Gasteiger partial charge in [0.15, 0.2) is 0 Å². The third kappa shape index (κ3) is 1.49. The van der Waals surface area contributed by atoms with Crippen molar-refractivity contribution in [2.45, 2.75) is 12.8 Å². The molecule has 86 valence electrons. The van der Waals surface area contributed by atoms with Gasteiger partial charge in [0.1, 0.15) is 0 Å². The lowest BCUT2D eigenvalue weighted by atomic mass is 9.99. The Morgan fingerprint density at radius 2 is 2.24 bits per heavy atom. The minimum atomic E-state index is -0.421. The molecule has 1 unspecified atom stereocenters. The highest BCUT2D eigenvalue weighted by Gasteiger charge is 2.34. The van der Waals surface area contributed by atoms with Gasteiger partial charge >= 0.3 is 0 Å².